The number of hydrogen-bond donors (Lipinski definition) is 1. The number of hydrogen-bond acceptors (Lipinski definition) is 2. The average Bonchev–Trinajstić information content (AvgIpc) is 3.19. The van der Waals surface area contributed by atoms with Gasteiger partial charge in [-0.15, -0.1) is 0 Å². The van der Waals surface area contributed by atoms with Crippen molar-refractivity contribution in [3.05, 3.63) is 29.3 Å². The molecule has 1 saturated carbocycles. The van der Waals surface area contributed by atoms with Gasteiger partial charge in [0.1, 0.15) is 5.75 Å². The Balaban J connectivity index is 2.47. The van der Waals surface area contributed by atoms with E-state index >= 15 is 0 Å². The van der Waals surface area contributed by atoms with E-state index in [0.717, 1.165) is 18.7 Å². The summed E-state index contributed by atoms with van der Waals surface area (Å²) in [5.41, 5.74) is 9.06. The molecule has 1 fully saturated rings. The fourth-order valence-electron chi connectivity index (χ4n) is 2.48. The van der Waals surface area contributed by atoms with Crippen molar-refractivity contribution in [1.82, 2.24) is 0 Å². The Morgan fingerprint density at radius 3 is 2.44 bits per heavy atom. The van der Waals surface area contributed by atoms with Gasteiger partial charge in [-0.1, -0.05) is 32.9 Å². The van der Waals surface area contributed by atoms with E-state index in [9.17, 15) is 0 Å². The van der Waals surface area contributed by atoms with Crippen LogP contribution < -0.4 is 10.5 Å². The molecule has 0 saturated heterocycles. The second kappa shape index (κ2) is 4.58. The van der Waals surface area contributed by atoms with Gasteiger partial charge in [-0.05, 0) is 36.3 Å². The summed E-state index contributed by atoms with van der Waals surface area (Å²) in [4.78, 5) is 0. The Bertz CT molecular complexity index is 433. The molecule has 0 amide bonds. The first-order valence-corrected chi connectivity index (χ1v) is 6.88. The minimum Gasteiger partial charge on any atom is -0.496 e. The molecular weight excluding hydrogens is 222 g/mol. The smallest absolute Gasteiger partial charge is 0.122 e. The van der Waals surface area contributed by atoms with Crippen molar-refractivity contribution < 1.29 is 4.74 Å². The molecule has 2 heteroatoms. The van der Waals surface area contributed by atoms with E-state index in [1.165, 1.54) is 24.0 Å². The topological polar surface area (TPSA) is 35.2 Å². The SMILES string of the molecule is CCC(C)(C)c1ccc(OC)c(C2(CN)CC2)c1. The quantitative estimate of drug-likeness (QED) is 0.865. The van der Waals surface area contributed by atoms with Crippen LogP contribution in [-0.2, 0) is 10.8 Å². The molecule has 0 heterocycles. The van der Waals surface area contributed by atoms with Gasteiger partial charge in [-0.25, -0.2) is 0 Å². The van der Waals surface area contributed by atoms with Gasteiger partial charge in [-0.2, -0.15) is 0 Å². The summed E-state index contributed by atoms with van der Waals surface area (Å²) in [7, 11) is 1.75. The summed E-state index contributed by atoms with van der Waals surface area (Å²) in [5.74, 6) is 0.994. The van der Waals surface area contributed by atoms with Crippen LogP contribution in [-0.4, -0.2) is 13.7 Å². The van der Waals surface area contributed by atoms with E-state index in [4.69, 9.17) is 10.5 Å². The standard InChI is InChI=1S/C16H25NO/c1-5-15(2,3)12-6-7-14(18-4)13(10-12)16(11-17)8-9-16/h6-7,10H,5,8-9,11,17H2,1-4H3. The average molecular weight is 247 g/mol. The normalized spacial score (nSPS) is 17.6. The maximum atomic E-state index is 5.96. The van der Waals surface area contributed by atoms with E-state index in [-0.39, 0.29) is 10.8 Å². The number of ether oxygens (including phenoxy) is 1. The fraction of sp³-hybridized carbons (Fsp3) is 0.625. The highest BCUT2D eigenvalue weighted by Crippen LogP contribution is 2.51. The molecule has 2 N–H and O–H groups in total. The molecule has 2 rings (SSSR count). The van der Waals surface area contributed by atoms with Crippen molar-refractivity contribution in [2.45, 2.75) is 50.9 Å². The van der Waals surface area contributed by atoms with E-state index in [1.54, 1.807) is 7.11 Å². The van der Waals surface area contributed by atoms with Crippen molar-refractivity contribution in [1.29, 1.82) is 0 Å². The lowest BCUT2D eigenvalue weighted by molar-refractivity contribution is 0.402. The molecule has 0 radical (unpaired) electrons. The Hall–Kier alpha value is -1.02. The zero-order valence-electron chi connectivity index (χ0n) is 12.0. The lowest BCUT2D eigenvalue weighted by atomic mass is 9.80. The number of methoxy groups -OCH3 is 1. The van der Waals surface area contributed by atoms with Crippen LogP contribution >= 0.6 is 0 Å². The summed E-state index contributed by atoms with van der Waals surface area (Å²) in [5, 5.41) is 0. The number of nitrogens with two attached hydrogens (primary N) is 1. The molecular formula is C16H25NO. The second-order valence-corrected chi connectivity index (χ2v) is 6.14. The molecule has 0 aliphatic heterocycles. The molecule has 0 unspecified atom stereocenters. The molecule has 2 nitrogen and oxygen atoms in total. The van der Waals surface area contributed by atoms with Gasteiger partial charge >= 0.3 is 0 Å². The minimum atomic E-state index is 0.186. The molecule has 1 aliphatic carbocycles. The van der Waals surface area contributed by atoms with Crippen LogP contribution in [0, 0.1) is 0 Å². The van der Waals surface area contributed by atoms with Gasteiger partial charge < -0.3 is 10.5 Å². The van der Waals surface area contributed by atoms with Crippen molar-refractivity contribution in [3.8, 4) is 5.75 Å². The molecule has 1 aromatic rings. The van der Waals surface area contributed by atoms with Crippen LogP contribution in [0.1, 0.15) is 51.2 Å². The lowest BCUT2D eigenvalue weighted by Crippen LogP contribution is -2.22. The molecule has 0 bridgehead atoms. The van der Waals surface area contributed by atoms with Gasteiger partial charge in [0.25, 0.3) is 0 Å². The van der Waals surface area contributed by atoms with Gasteiger partial charge in [0.05, 0.1) is 7.11 Å². The minimum absolute atomic E-state index is 0.186. The molecule has 0 aromatic heterocycles. The Morgan fingerprint density at radius 1 is 1.33 bits per heavy atom. The predicted octanol–water partition coefficient (Wildman–Crippen LogP) is 3.37. The highest BCUT2D eigenvalue weighted by Gasteiger charge is 2.45. The monoisotopic (exact) mass is 247 g/mol. The Kier molecular flexibility index (Phi) is 3.41. The molecule has 0 atom stereocenters. The van der Waals surface area contributed by atoms with Gasteiger partial charge in [0.2, 0.25) is 0 Å². The van der Waals surface area contributed by atoms with Crippen molar-refractivity contribution in [2.24, 2.45) is 5.73 Å². The van der Waals surface area contributed by atoms with E-state index in [0.29, 0.717) is 0 Å². The highest BCUT2D eigenvalue weighted by atomic mass is 16.5. The number of benzene rings is 1. The predicted molar refractivity (Wildman–Crippen MR) is 76.3 cm³/mol. The van der Waals surface area contributed by atoms with Gasteiger partial charge in [0.15, 0.2) is 0 Å². The maximum Gasteiger partial charge on any atom is 0.122 e. The maximum absolute atomic E-state index is 5.96. The number of rotatable bonds is 5. The zero-order valence-corrected chi connectivity index (χ0v) is 12.0. The third kappa shape index (κ3) is 2.14. The van der Waals surface area contributed by atoms with E-state index in [1.807, 2.05) is 0 Å². The van der Waals surface area contributed by atoms with Crippen LogP contribution in [0.5, 0.6) is 5.75 Å². The third-order valence-corrected chi connectivity index (χ3v) is 4.68. The summed E-state index contributed by atoms with van der Waals surface area (Å²) in [6.45, 7) is 7.54. The first kappa shape index (κ1) is 13.4. The molecule has 1 aliphatic rings. The first-order valence-electron chi connectivity index (χ1n) is 6.88. The molecule has 100 valence electrons. The Labute approximate surface area is 111 Å². The van der Waals surface area contributed by atoms with Crippen molar-refractivity contribution >= 4 is 0 Å². The van der Waals surface area contributed by atoms with Gasteiger partial charge in [-0.3, -0.25) is 0 Å². The second-order valence-electron chi connectivity index (χ2n) is 6.14. The first-order chi connectivity index (χ1) is 8.49. The van der Waals surface area contributed by atoms with Crippen LogP contribution in [0.25, 0.3) is 0 Å². The zero-order chi connectivity index (χ0) is 13.4. The Morgan fingerprint density at radius 2 is 2.00 bits per heavy atom. The summed E-state index contributed by atoms with van der Waals surface area (Å²) < 4.78 is 5.52. The third-order valence-electron chi connectivity index (χ3n) is 4.68. The molecule has 0 spiro atoms. The van der Waals surface area contributed by atoms with Crippen molar-refractivity contribution in [2.75, 3.05) is 13.7 Å². The summed E-state index contributed by atoms with van der Waals surface area (Å²) >= 11 is 0. The van der Waals surface area contributed by atoms with Gasteiger partial charge in [0, 0.05) is 17.5 Å². The summed E-state index contributed by atoms with van der Waals surface area (Å²) in [6.07, 6.45) is 3.51. The van der Waals surface area contributed by atoms with Crippen LogP contribution in [0.15, 0.2) is 18.2 Å². The lowest BCUT2D eigenvalue weighted by Gasteiger charge is -2.26. The van der Waals surface area contributed by atoms with Crippen molar-refractivity contribution in [3.63, 3.8) is 0 Å². The van der Waals surface area contributed by atoms with E-state index in [2.05, 4.69) is 39.0 Å². The summed E-state index contributed by atoms with van der Waals surface area (Å²) in [6, 6.07) is 6.62. The van der Waals surface area contributed by atoms with Crippen LogP contribution in [0.2, 0.25) is 0 Å². The van der Waals surface area contributed by atoms with E-state index < -0.39 is 0 Å². The highest BCUT2D eigenvalue weighted by molar-refractivity contribution is 5.47. The van der Waals surface area contributed by atoms with Crippen LogP contribution in [0.3, 0.4) is 0 Å². The molecule has 18 heavy (non-hydrogen) atoms. The fourth-order valence-corrected chi connectivity index (χ4v) is 2.48. The largest absolute Gasteiger partial charge is 0.496 e. The molecule has 1 aromatic carbocycles. The van der Waals surface area contributed by atoms with Crippen LogP contribution in [0.4, 0.5) is 0 Å².